The molecule has 144 valence electrons. The number of nitrogens with zero attached hydrogens (tertiary/aromatic N) is 2. The van der Waals surface area contributed by atoms with E-state index in [0.29, 0.717) is 34.8 Å². The average Bonchev–Trinajstić information content (AvgIpc) is 2.75. The van der Waals surface area contributed by atoms with Crippen LogP contribution < -0.4 is 11.3 Å². The third-order valence-corrected chi connectivity index (χ3v) is 4.97. The van der Waals surface area contributed by atoms with Gasteiger partial charge in [-0.05, 0) is 41.0 Å². The summed E-state index contributed by atoms with van der Waals surface area (Å²) in [5.74, 6) is 0.576. The highest BCUT2D eigenvalue weighted by Crippen LogP contribution is 2.17. The first kappa shape index (κ1) is 19.1. The summed E-state index contributed by atoms with van der Waals surface area (Å²) in [6.45, 7) is 0.866. The van der Waals surface area contributed by atoms with Crippen molar-refractivity contribution in [3.05, 3.63) is 111 Å². The highest BCUT2D eigenvalue weighted by Gasteiger charge is 2.11. The van der Waals surface area contributed by atoms with Gasteiger partial charge in [0.25, 0.3) is 5.56 Å². The van der Waals surface area contributed by atoms with Crippen LogP contribution in [0, 0.1) is 0 Å². The van der Waals surface area contributed by atoms with Gasteiger partial charge < -0.3 is 5.73 Å². The highest BCUT2D eigenvalue weighted by atomic mass is 35.5. The fourth-order valence-electron chi connectivity index (χ4n) is 3.26. The summed E-state index contributed by atoms with van der Waals surface area (Å²) in [5.41, 5.74) is 9.31. The van der Waals surface area contributed by atoms with Crippen LogP contribution in [0.4, 0.5) is 0 Å². The molecular formula is C24H20ClN3O. The predicted octanol–water partition coefficient (Wildman–Crippen LogP) is 4.73. The molecule has 0 aliphatic heterocycles. The Kier molecular flexibility index (Phi) is 5.56. The maximum absolute atomic E-state index is 13.3. The van der Waals surface area contributed by atoms with E-state index in [9.17, 15) is 4.79 Å². The highest BCUT2D eigenvalue weighted by molar-refractivity contribution is 6.31. The molecule has 0 aliphatic rings. The topological polar surface area (TPSA) is 60.9 Å². The normalized spacial score (nSPS) is 11.4. The van der Waals surface area contributed by atoms with Crippen molar-refractivity contribution in [1.82, 2.24) is 9.55 Å². The van der Waals surface area contributed by atoms with Gasteiger partial charge in [0.15, 0.2) is 0 Å². The van der Waals surface area contributed by atoms with E-state index in [0.717, 1.165) is 16.7 Å². The Hall–Kier alpha value is -3.21. The lowest BCUT2D eigenvalue weighted by atomic mass is 10.1. The van der Waals surface area contributed by atoms with Gasteiger partial charge in [-0.2, -0.15) is 0 Å². The Morgan fingerprint density at radius 1 is 0.931 bits per heavy atom. The molecule has 4 nitrogen and oxygen atoms in total. The van der Waals surface area contributed by atoms with Gasteiger partial charge in [-0.1, -0.05) is 72.3 Å². The second kappa shape index (κ2) is 8.43. The standard InChI is InChI=1S/C24H20ClN3O/c25-20-10-11-21-22(14-20)27-23(12-9-17-5-2-1-3-6-17)28(24(21)29)16-19-8-4-7-18(13-19)15-26/h1-14H,15-16,26H2. The van der Waals surface area contributed by atoms with Gasteiger partial charge in [-0.3, -0.25) is 9.36 Å². The van der Waals surface area contributed by atoms with Crippen LogP contribution in [0.25, 0.3) is 23.1 Å². The van der Waals surface area contributed by atoms with E-state index in [-0.39, 0.29) is 5.56 Å². The molecule has 0 radical (unpaired) electrons. The lowest BCUT2D eigenvalue weighted by Gasteiger charge is -2.12. The molecule has 5 heteroatoms. The average molecular weight is 402 g/mol. The van der Waals surface area contributed by atoms with Crippen molar-refractivity contribution in [2.24, 2.45) is 5.73 Å². The molecule has 29 heavy (non-hydrogen) atoms. The van der Waals surface area contributed by atoms with Crippen LogP contribution in [-0.2, 0) is 13.1 Å². The second-order valence-electron chi connectivity index (χ2n) is 6.79. The zero-order valence-corrected chi connectivity index (χ0v) is 16.5. The first-order valence-electron chi connectivity index (χ1n) is 9.35. The Morgan fingerprint density at radius 3 is 2.52 bits per heavy atom. The van der Waals surface area contributed by atoms with E-state index in [1.54, 1.807) is 22.8 Å². The Bertz CT molecular complexity index is 1250. The van der Waals surface area contributed by atoms with E-state index in [4.69, 9.17) is 22.3 Å². The molecule has 0 unspecified atom stereocenters. The molecule has 0 saturated carbocycles. The third kappa shape index (κ3) is 4.29. The van der Waals surface area contributed by atoms with Gasteiger partial charge >= 0.3 is 0 Å². The Morgan fingerprint density at radius 2 is 1.72 bits per heavy atom. The summed E-state index contributed by atoms with van der Waals surface area (Å²) in [5, 5.41) is 1.09. The van der Waals surface area contributed by atoms with Crippen molar-refractivity contribution >= 4 is 34.7 Å². The number of nitrogens with two attached hydrogens (primary N) is 1. The molecule has 1 aromatic heterocycles. The molecule has 4 aromatic rings. The molecular weight excluding hydrogens is 382 g/mol. The van der Waals surface area contributed by atoms with Crippen LogP contribution in [0.3, 0.4) is 0 Å². The van der Waals surface area contributed by atoms with Crippen LogP contribution in [0.1, 0.15) is 22.5 Å². The van der Waals surface area contributed by atoms with Crippen LogP contribution in [0.5, 0.6) is 0 Å². The molecule has 0 saturated heterocycles. The van der Waals surface area contributed by atoms with Gasteiger partial charge in [0.05, 0.1) is 17.4 Å². The van der Waals surface area contributed by atoms with Crippen molar-refractivity contribution in [2.75, 3.05) is 0 Å². The van der Waals surface area contributed by atoms with Crippen molar-refractivity contribution in [3.63, 3.8) is 0 Å². The number of aromatic nitrogens is 2. The predicted molar refractivity (Wildman–Crippen MR) is 120 cm³/mol. The number of benzene rings is 3. The molecule has 0 amide bonds. The van der Waals surface area contributed by atoms with Crippen LogP contribution in [-0.4, -0.2) is 9.55 Å². The van der Waals surface area contributed by atoms with Gasteiger partial charge in [0.2, 0.25) is 0 Å². The molecule has 4 rings (SSSR count). The first-order valence-corrected chi connectivity index (χ1v) is 9.73. The molecule has 0 atom stereocenters. The van der Waals surface area contributed by atoms with Gasteiger partial charge in [-0.15, -0.1) is 0 Å². The molecule has 0 aliphatic carbocycles. The molecule has 3 aromatic carbocycles. The lowest BCUT2D eigenvalue weighted by Crippen LogP contribution is -2.24. The van der Waals surface area contributed by atoms with Crippen LogP contribution >= 0.6 is 11.6 Å². The molecule has 0 fully saturated rings. The summed E-state index contributed by atoms with van der Waals surface area (Å²) >= 11 is 6.12. The molecule has 0 bridgehead atoms. The first-order chi connectivity index (χ1) is 14.1. The minimum Gasteiger partial charge on any atom is -0.326 e. The maximum Gasteiger partial charge on any atom is 0.261 e. The maximum atomic E-state index is 13.3. The minimum atomic E-state index is -0.0995. The van der Waals surface area contributed by atoms with Crippen LogP contribution in [0.15, 0.2) is 77.6 Å². The summed E-state index contributed by atoms with van der Waals surface area (Å²) < 4.78 is 1.69. The third-order valence-electron chi connectivity index (χ3n) is 4.74. The van der Waals surface area contributed by atoms with Gasteiger partial charge in [0, 0.05) is 11.6 Å². The molecule has 2 N–H and O–H groups in total. The van der Waals surface area contributed by atoms with E-state index < -0.39 is 0 Å². The number of hydrogen-bond acceptors (Lipinski definition) is 3. The van der Waals surface area contributed by atoms with Crippen molar-refractivity contribution in [1.29, 1.82) is 0 Å². The summed E-state index contributed by atoms with van der Waals surface area (Å²) in [6, 6.07) is 23.0. The fraction of sp³-hybridized carbons (Fsp3) is 0.0833. The van der Waals surface area contributed by atoms with Gasteiger partial charge in [0.1, 0.15) is 5.82 Å². The number of fused-ring (bicyclic) bond motifs is 1. The molecule has 0 spiro atoms. The van der Waals surface area contributed by atoms with Crippen LogP contribution in [0.2, 0.25) is 5.02 Å². The van der Waals surface area contributed by atoms with E-state index in [2.05, 4.69) is 0 Å². The second-order valence-corrected chi connectivity index (χ2v) is 7.23. The Labute approximate surface area is 173 Å². The summed E-state index contributed by atoms with van der Waals surface area (Å²) in [4.78, 5) is 18.0. The zero-order valence-electron chi connectivity index (χ0n) is 15.8. The fourth-order valence-corrected chi connectivity index (χ4v) is 3.43. The monoisotopic (exact) mass is 401 g/mol. The zero-order chi connectivity index (χ0) is 20.2. The summed E-state index contributed by atoms with van der Waals surface area (Å²) in [7, 11) is 0. The minimum absolute atomic E-state index is 0.0995. The summed E-state index contributed by atoms with van der Waals surface area (Å²) in [6.07, 6.45) is 3.81. The SMILES string of the molecule is NCc1cccc(Cn2c(C=Cc3ccccc3)nc3cc(Cl)ccc3c2=O)c1. The number of hydrogen-bond donors (Lipinski definition) is 1. The number of rotatable bonds is 5. The van der Waals surface area contributed by atoms with E-state index in [1.165, 1.54) is 0 Å². The quantitative estimate of drug-likeness (QED) is 0.526. The smallest absolute Gasteiger partial charge is 0.261 e. The van der Waals surface area contributed by atoms with Crippen molar-refractivity contribution in [3.8, 4) is 0 Å². The lowest BCUT2D eigenvalue weighted by molar-refractivity contribution is 0.737. The number of halogens is 1. The van der Waals surface area contributed by atoms with Gasteiger partial charge in [-0.25, -0.2) is 4.98 Å². The Balaban J connectivity index is 1.85. The van der Waals surface area contributed by atoms with Crippen molar-refractivity contribution in [2.45, 2.75) is 13.1 Å². The van der Waals surface area contributed by atoms with E-state index >= 15 is 0 Å². The molecule has 1 heterocycles. The largest absolute Gasteiger partial charge is 0.326 e. The van der Waals surface area contributed by atoms with E-state index in [1.807, 2.05) is 66.7 Å². The van der Waals surface area contributed by atoms with Crippen molar-refractivity contribution < 1.29 is 0 Å².